The molecule has 200 valence electrons. The summed E-state index contributed by atoms with van der Waals surface area (Å²) >= 11 is 0. The first-order valence-electron chi connectivity index (χ1n) is 14.1. The number of hydrazine groups is 1. The van der Waals surface area contributed by atoms with Gasteiger partial charge in [0.25, 0.3) is 11.8 Å². The molecule has 1 unspecified atom stereocenters. The summed E-state index contributed by atoms with van der Waals surface area (Å²) in [5.74, 6) is 0.0794. The lowest BCUT2D eigenvalue weighted by Crippen LogP contribution is -2.39. The van der Waals surface area contributed by atoms with Gasteiger partial charge in [0.1, 0.15) is 5.57 Å². The van der Waals surface area contributed by atoms with Gasteiger partial charge in [-0.05, 0) is 35.6 Å². The Kier molecular flexibility index (Phi) is 8.26. The zero-order chi connectivity index (χ0) is 27.2. The molecular weight excluding hydrogens is 482 g/mol. The summed E-state index contributed by atoms with van der Waals surface area (Å²) in [4.78, 5) is 27.6. The maximum atomic E-state index is 13.8. The van der Waals surface area contributed by atoms with Crippen LogP contribution in [-0.2, 0) is 29.2 Å². The number of hydrogen-bond donors (Lipinski definition) is 0. The van der Waals surface area contributed by atoms with Crippen LogP contribution < -0.4 is 0 Å². The molecule has 1 saturated heterocycles. The van der Waals surface area contributed by atoms with Crippen molar-refractivity contribution in [3.63, 3.8) is 0 Å². The number of carbonyl (C=O) groups is 2. The van der Waals surface area contributed by atoms with Crippen LogP contribution in [-0.4, -0.2) is 26.4 Å². The van der Waals surface area contributed by atoms with E-state index < -0.39 is 0 Å². The van der Waals surface area contributed by atoms with E-state index in [1.807, 2.05) is 66.7 Å². The van der Waals surface area contributed by atoms with E-state index in [4.69, 9.17) is 0 Å². The van der Waals surface area contributed by atoms with Crippen LogP contribution in [0.4, 0.5) is 0 Å². The average Bonchev–Trinajstić information content (AvgIpc) is 3.42. The second-order valence-electron chi connectivity index (χ2n) is 10.4. The first kappa shape index (κ1) is 26.5. The van der Waals surface area contributed by atoms with Crippen molar-refractivity contribution < 1.29 is 9.59 Å². The summed E-state index contributed by atoms with van der Waals surface area (Å²) < 4.78 is 2.30. The third-order valence-electron chi connectivity index (χ3n) is 7.69. The predicted molar refractivity (Wildman–Crippen MR) is 157 cm³/mol. The topological polar surface area (TPSA) is 45.6 Å². The van der Waals surface area contributed by atoms with E-state index in [0.29, 0.717) is 19.0 Å². The number of hydrogen-bond acceptors (Lipinski definition) is 2. The number of fused-ring (bicyclic) bond motifs is 1. The number of nitrogens with zero attached hydrogens (tertiary/aromatic N) is 3. The van der Waals surface area contributed by atoms with Gasteiger partial charge in [0.2, 0.25) is 0 Å². The molecule has 5 nitrogen and oxygen atoms in total. The summed E-state index contributed by atoms with van der Waals surface area (Å²) in [5, 5.41) is 4.24. The molecule has 1 aliphatic rings. The van der Waals surface area contributed by atoms with Gasteiger partial charge in [-0.1, -0.05) is 112 Å². The largest absolute Gasteiger partial charge is 0.347 e. The van der Waals surface area contributed by atoms with Crippen LogP contribution in [0.1, 0.15) is 56.2 Å². The number of benzene rings is 3. The molecule has 1 atom stereocenters. The molecule has 0 radical (unpaired) electrons. The zero-order valence-corrected chi connectivity index (χ0v) is 22.9. The normalized spacial score (nSPS) is 14.5. The first-order valence-corrected chi connectivity index (χ1v) is 14.1. The predicted octanol–water partition coefficient (Wildman–Crippen LogP) is 7.23. The molecule has 1 fully saturated rings. The van der Waals surface area contributed by atoms with Crippen molar-refractivity contribution in [3.8, 4) is 0 Å². The molecule has 5 rings (SSSR count). The number of amides is 2. The van der Waals surface area contributed by atoms with Crippen LogP contribution in [0, 0.1) is 5.92 Å². The zero-order valence-electron chi connectivity index (χ0n) is 22.9. The van der Waals surface area contributed by atoms with Crippen LogP contribution >= 0.6 is 0 Å². The molecule has 2 heterocycles. The fourth-order valence-corrected chi connectivity index (χ4v) is 5.43. The van der Waals surface area contributed by atoms with Crippen molar-refractivity contribution in [2.75, 3.05) is 0 Å². The fourth-order valence-electron chi connectivity index (χ4n) is 5.43. The van der Waals surface area contributed by atoms with Crippen molar-refractivity contribution in [3.05, 3.63) is 113 Å². The van der Waals surface area contributed by atoms with E-state index in [1.165, 1.54) is 19.3 Å². The summed E-state index contributed by atoms with van der Waals surface area (Å²) in [6.45, 7) is 6.11. The number of aromatic nitrogens is 1. The molecule has 3 aromatic carbocycles. The van der Waals surface area contributed by atoms with Crippen LogP contribution in [0.5, 0.6) is 0 Å². The van der Waals surface area contributed by atoms with E-state index in [0.717, 1.165) is 40.6 Å². The van der Waals surface area contributed by atoms with Crippen LogP contribution in [0.15, 0.2) is 96.7 Å². The molecule has 0 saturated carbocycles. The van der Waals surface area contributed by atoms with Gasteiger partial charge in [-0.2, -0.15) is 0 Å². The van der Waals surface area contributed by atoms with Gasteiger partial charge < -0.3 is 4.57 Å². The van der Waals surface area contributed by atoms with Crippen molar-refractivity contribution in [2.45, 2.75) is 59.2 Å². The Labute approximate surface area is 231 Å². The minimum Gasteiger partial charge on any atom is -0.347 e. The monoisotopic (exact) mass is 519 g/mol. The van der Waals surface area contributed by atoms with Crippen molar-refractivity contribution in [1.82, 2.24) is 14.6 Å². The molecule has 0 bridgehead atoms. The summed E-state index contributed by atoms with van der Waals surface area (Å²) in [5.41, 5.74) is 4.22. The van der Waals surface area contributed by atoms with Crippen LogP contribution in [0.25, 0.3) is 17.0 Å². The Balaban J connectivity index is 1.51. The fraction of sp³-hybridized carbons (Fsp3) is 0.294. The van der Waals surface area contributed by atoms with Crippen molar-refractivity contribution in [1.29, 1.82) is 0 Å². The standard InChI is InChI=1S/C34H37N3O2/c1-3-5-14-26(4-2)22-35-25-29(30-19-12-13-20-32(30)35)21-31-33(38)36(23-27-15-8-6-9-16-27)37(34(31)39)24-28-17-10-7-11-18-28/h6-13,15-21,25-26H,3-5,14,22-24H2,1-2H3. The van der Waals surface area contributed by atoms with E-state index in [2.05, 4.69) is 42.8 Å². The Morgan fingerprint density at radius 2 is 1.31 bits per heavy atom. The SMILES string of the molecule is CCCCC(CC)Cn1cc(C=C2C(=O)N(Cc3ccccc3)N(Cc3ccccc3)C2=O)c2ccccc21. The maximum absolute atomic E-state index is 13.8. The lowest BCUT2D eigenvalue weighted by atomic mass is 9.99. The summed E-state index contributed by atoms with van der Waals surface area (Å²) in [6, 6.07) is 27.9. The Hall–Kier alpha value is -4.12. The van der Waals surface area contributed by atoms with E-state index in [9.17, 15) is 9.59 Å². The van der Waals surface area contributed by atoms with Gasteiger partial charge in [-0.25, -0.2) is 10.0 Å². The van der Waals surface area contributed by atoms with Crippen LogP contribution in [0.2, 0.25) is 0 Å². The summed E-state index contributed by atoms with van der Waals surface area (Å²) in [6.07, 6.45) is 8.68. The van der Waals surface area contributed by atoms with Crippen molar-refractivity contribution >= 4 is 28.8 Å². The molecule has 1 aromatic heterocycles. The minimum atomic E-state index is -0.258. The van der Waals surface area contributed by atoms with Gasteiger partial charge in [0.05, 0.1) is 13.1 Å². The summed E-state index contributed by atoms with van der Waals surface area (Å²) in [7, 11) is 0. The highest BCUT2D eigenvalue weighted by Gasteiger charge is 2.41. The highest BCUT2D eigenvalue weighted by molar-refractivity contribution is 6.25. The molecule has 2 amide bonds. The van der Waals surface area contributed by atoms with E-state index in [1.54, 1.807) is 16.1 Å². The smallest absolute Gasteiger partial charge is 0.278 e. The molecule has 5 heteroatoms. The Morgan fingerprint density at radius 3 is 1.87 bits per heavy atom. The average molecular weight is 520 g/mol. The van der Waals surface area contributed by atoms with Gasteiger partial charge in [-0.15, -0.1) is 0 Å². The molecule has 1 aliphatic heterocycles. The van der Waals surface area contributed by atoms with Gasteiger partial charge in [-0.3, -0.25) is 9.59 Å². The second-order valence-corrected chi connectivity index (χ2v) is 10.4. The minimum absolute atomic E-state index is 0.211. The van der Waals surface area contributed by atoms with Gasteiger partial charge in [0.15, 0.2) is 0 Å². The number of unbranched alkanes of at least 4 members (excludes halogenated alkanes) is 1. The van der Waals surface area contributed by atoms with Crippen LogP contribution in [0.3, 0.4) is 0 Å². The highest BCUT2D eigenvalue weighted by atomic mass is 16.2. The van der Waals surface area contributed by atoms with Gasteiger partial charge >= 0.3 is 0 Å². The number of rotatable bonds is 11. The number of carbonyl (C=O) groups excluding carboxylic acids is 2. The molecule has 0 aliphatic carbocycles. The molecule has 0 N–H and O–H groups in total. The third kappa shape index (κ3) is 5.83. The molecular formula is C34H37N3O2. The van der Waals surface area contributed by atoms with E-state index in [-0.39, 0.29) is 17.4 Å². The van der Waals surface area contributed by atoms with Crippen molar-refractivity contribution in [2.24, 2.45) is 5.92 Å². The molecule has 4 aromatic rings. The Morgan fingerprint density at radius 1 is 0.744 bits per heavy atom. The highest BCUT2D eigenvalue weighted by Crippen LogP contribution is 2.30. The Bertz CT molecular complexity index is 1390. The lowest BCUT2D eigenvalue weighted by molar-refractivity contribution is -0.149. The molecule has 0 spiro atoms. The number of para-hydroxylation sites is 1. The quantitative estimate of drug-likeness (QED) is 0.155. The molecule has 39 heavy (non-hydrogen) atoms. The lowest BCUT2D eigenvalue weighted by Gasteiger charge is -2.27. The van der Waals surface area contributed by atoms with Gasteiger partial charge in [0, 0.05) is 29.2 Å². The van der Waals surface area contributed by atoms with E-state index >= 15 is 0 Å². The third-order valence-corrected chi connectivity index (χ3v) is 7.69. The second kappa shape index (κ2) is 12.2. The maximum Gasteiger partial charge on any atom is 0.278 e. The first-order chi connectivity index (χ1) is 19.1.